The molecule has 0 bridgehead atoms. The van der Waals surface area contributed by atoms with E-state index in [1.807, 2.05) is 30.5 Å². The Balaban J connectivity index is 1.81. The molecule has 0 saturated carbocycles. The molecule has 0 radical (unpaired) electrons. The van der Waals surface area contributed by atoms with Gasteiger partial charge in [-0.1, -0.05) is 12.1 Å². The molecular formula is C15H15N3O. The maximum Gasteiger partial charge on any atom is 0.115 e. The number of aromatic hydroxyl groups is 1. The van der Waals surface area contributed by atoms with Crippen molar-refractivity contribution in [3.05, 3.63) is 54.2 Å². The van der Waals surface area contributed by atoms with E-state index in [1.54, 1.807) is 12.1 Å². The van der Waals surface area contributed by atoms with Gasteiger partial charge in [-0.3, -0.25) is 5.10 Å². The van der Waals surface area contributed by atoms with Crippen molar-refractivity contribution < 1.29 is 5.11 Å². The Morgan fingerprint density at radius 3 is 2.74 bits per heavy atom. The third-order valence-electron chi connectivity index (χ3n) is 3.22. The quantitative estimate of drug-likeness (QED) is 0.670. The predicted molar refractivity (Wildman–Crippen MR) is 76.2 cm³/mol. The molecule has 1 unspecified atom stereocenters. The SMILES string of the molecule is CC(Nc1ccc2[nH]ncc2c1)c1ccc(O)cc1. The van der Waals surface area contributed by atoms with E-state index in [4.69, 9.17) is 0 Å². The Morgan fingerprint density at radius 1 is 1.16 bits per heavy atom. The number of aromatic amines is 1. The van der Waals surface area contributed by atoms with Crippen LogP contribution in [0.2, 0.25) is 0 Å². The van der Waals surface area contributed by atoms with Crippen LogP contribution in [0.5, 0.6) is 5.75 Å². The van der Waals surface area contributed by atoms with Crippen molar-refractivity contribution in [1.29, 1.82) is 0 Å². The van der Waals surface area contributed by atoms with Crippen molar-refractivity contribution in [1.82, 2.24) is 10.2 Å². The van der Waals surface area contributed by atoms with Crippen LogP contribution in [0.1, 0.15) is 18.5 Å². The van der Waals surface area contributed by atoms with E-state index < -0.39 is 0 Å². The van der Waals surface area contributed by atoms with Crippen molar-refractivity contribution in [3.63, 3.8) is 0 Å². The van der Waals surface area contributed by atoms with Crippen molar-refractivity contribution >= 4 is 16.6 Å². The molecule has 96 valence electrons. The van der Waals surface area contributed by atoms with Crippen molar-refractivity contribution in [2.24, 2.45) is 0 Å². The van der Waals surface area contributed by atoms with E-state index in [0.717, 1.165) is 22.2 Å². The highest BCUT2D eigenvalue weighted by atomic mass is 16.3. The summed E-state index contributed by atoms with van der Waals surface area (Å²) >= 11 is 0. The second-order valence-corrected chi connectivity index (χ2v) is 4.63. The van der Waals surface area contributed by atoms with E-state index in [2.05, 4.69) is 28.5 Å². The number of nitrogens with one attached hydrogen (secondary N) is 2. The molecule has 4 heteroatoms. The number of nitrogens with zero attached hydrogens (tertiary/aromatic N) is 1. The Kier molecular flexibility index (Phi) is 2.83. The van der Waals surface area contributed by atoms with E-state index >= 15 is 0 Å². The number of phenols is 1. The highest BCUT2D eigenvalue weighted by Crippen LogP contribution is 2.23. The third-order valence-corrected chi connectivity index (χ3v) is 3.22. The minimum Gasteiger partial charge on any atom is -0.508 e. The van der Waals surface area contributed by atoms with Gasteiger partial charge in [-0.2, -0.15) is 5.10 Å². The van der Waals surface area contributed by atoms with Gasteiger partial charge in [-0.25, -0.2) is 0 Å². The Labute approximate surface area is 111 Å². The molecule has 1 aromatic heterocycles. The zero-order chi connectivity index (χ0) is 13.2. The fourth-order valence-electron chi connectivity index (χ4n) is 2.13. The van der Waals surface area contributed by atoms with E-state index in [0.29, 0.717) is 0 Å². The number of benzene rings is 2. The smallest absolute Gasteiger partial charge is 0.115 e. The van der Waals surface area contributed by atoms with Gasteiger partial charge in [0.15, 0.2) is 0 Å². The molecule has 19 heavy (non-hydrogen) atoms. The molecule has 3 aromatic rings. The van der Waals surface area contributed by atoms with Crippen LogP contribution in [0.3, 0.4) is 0 Å². The van der Waals surface area contributed by atoms with Crippen molar-refractivity contribution in [2.75, 3.05) is 5.32 Å². The van der Waals surface area contributed by atoms with Gasteiger partial charge >= 0.3 is 0 Å². The molecule has 0 aliphatic carbocycles. The van der Waals surface area contributed by atoms with Crippen molar-refractivity contribution in [3.8, 4) is 5.75 Å². The Hall–Kier alpha value is -2.49. The molecule has 0 aliphatic rings. The number of aromatic nitrogens is 2. The first-order valence-electron chi connectivity index (χ1n) is 6.21. The molecule has 4 nitrogen and oxygen atoms in total. The van der Waals surface area contributed by atoms with Crippen molar-refractivity contribution in [2.45, 2.75) is 13.0 Å². The lowest BCUT2D eigenvalue weighted by atomic mass is 10.1. The second-order valence-electron chi connectivity index (χ2n) is 4.63. The standard InChI is InChI=1S/C15H15N3O/c1-10(11-2-5-14(19)6-3-11)17-13-4-7-15-12(8-13)9-16-18-15/h2-10,17,19H,1H3,(H,16,18). The Morgan fingerprint density at radius 2 is 1.95 bits per heavy atom. The molecule has 3 N–H and O–H groups in total. The van der Waals surface area contributed by atoms with Gasteiger partial charge in [0.1, 0.15) is 5.75 Å². The summed E-state index contributed by atoms with van der Waals surface area (Å²) < 4.78 is 0. The number of rotatable bonds is 3. The molecular weight excluding hydrogens is 238 g/mol. The van der Waals surface area contributed by atoms with Gasteiger partial charge in [0, 0.05) is 17.1 Å². The van der Waals surface area contributed by atoms with Gasteiger partial charge in [-0.15, -0.1) is 0 Å². The Bertz CT molecular complexity index is 688. The van der Waals surface area contributed by atoms with Crippen LogP contribution in [0.15, 0.2) is 48.7 Å². The van der Waals surface area contributed by atoms with Crippen LogP contribution in [-0.2, 0) is 0 Å². The summed E-state index contributed by atoms with van der Waals surface area (Å²) in [4.78, 5) is 0. The number of hydrogen-bond acceptors (Lipinski definition) is 3. The summed E-state index contributed by atoms with van der Waals surface area (Å²) in [5.41, 5.74) is 3.21. The van der Waals surface area contributed by atoms with Crippen LogP contribution in [-0.4, -0.2) is 15.3 Å². The predicted octanol–water partition coefficient (Wildman–Crippen LogP) is 3.44. The van der Waals surface area contributed by atoms with Gasteiger partial charge in [-0.05, 0) is 42.8 Å². The second kappa shape index (κ2) is 4.65. The minimum atomic E-state index is 0.171. The number of phenolic OH excluding ortho intramolecular Hbond substituents is 1. The fraction of sp³-hybridized carbons (Fsp3) is 0.133. The molecule has 0 saturated heterocycles. The van der Waals surface area contributed by atoms with Crippen LogP contribution >= 0.6 is 0 Å². The van der Waals surface area contributed by atoms with E-state index in [-0.39, 0.29) is 11.8 Å². The highest BCUT2D eigenvalue weighted by molar-refractivity contribution is 5.81. The normalized spacial score (nSPS) is 12.5. The number of fused-ring (bicyclic) bond motifs is 1. The van der Waals surface area contributed by atoms with E-state index in [1.165, 1.54) is 0 Å². The zero-order valence-electron chi connectivity index (χ0n) is 10.6. The maximum atomic E-state index is 9.29. The third kappa shape index (κ3) is 2.38. The van der Waals surface area contributed by atoms with Gasteiger partial charge in [0.25, 0.3) is 0 Å². The minimum absolute atomic E-state index is 0.171. The summed E-state index contributed by atoms with van der Waals surface area (Å²) in [5.74, 6) is 0.288. The van der Waals surface area contributed by atoms with Gasteiger partial charge in [0.05, 0.1) is 11.7 Å². The van der Waals surface area contributed by atoms with Crippen LogP contribution < -0.4 is 5.32 Å². The molecule has 3 rings (SSSR count). The maximum absolute atomic E-state index is 9.29. The molecule has 1 heterocycles. The van der Waals surface area contributed by atoms with Crippen LogP contribution in [0, 0.1) is 0 Å². The summed E-state index contributed by atoms with van der Waals surface area (Å²) in [5, 5.41) is 20.8. The monoisotopic (exact) mass is 253 g/mol. The lowest BCUT2D eigenvalue weighted by Gasteiger charge is -2.15. The first-order chi connectivity index (χ1) is 9.22. The average molecular weight is 253 g/mol. The molecule has 2 aromatic carbocycles. The summed E-state index contributed by atoms with van der Waals surface area (Å²) in [6.07, 6.45) is 1.81. The van der Waals surface area contributed by atoms with Crippen LogP contribution in [0.25, 0.3) is 10.9 Å². The first-order valence-corrected chi connectivity index (χ1v) is 6.21. The number of hydrogen-bond donors (Lipinski definition) is 3. The number of H-pyrrole nitrogens is 1. The molecule has 0 amide bonds. The average Bonchev–Trinajstić information content (AvgIpc) is 2.87. The zero-order valence-corrected chi connectivity index (χ0v) is 10.6. The lowest BCUT2D eigenvalue weighted by Crippen LogP contribution is -2.06. The fourth-order valence-corrected chi connectivity index (χ4v) is 2.13. The highest BCUT2D eigenvalue weighted by Gasteiger charge is 2.06. The first kappa shape index (κ1) is 11.6. The largest absolute Gasteiger partial charge is 0.508 e. The van der Waals surface area contributed by atoms with E-state index in [9.17, 15) is 5.11 Å². The topological polar surface area (TPSA) is 60.9 Å². The van der Waals surface area contributed by atoms with Crippen LogP contribution in [0.4, 0.5) is 5.69 Å². The molecule has 0 spiro atoms. The van der Waals surface area contributed by atoms with Gasteiger partial charge in [0.2, 0.25) is 0 Å². The molecule has 0 fully saturated rings. The molecule has 0 aliphatic heterocycles. The molecule has 1 atom stereocenters. The summed E-state index contributed by atoms with van der Waals surface area (Å²) in [7, 11) is 0. The lowest BCUT2D eigenvalue weighted by molar-refractivity contribution is 0.475. The number of anilines is 1. The van der Waals surface area contributed by atoms with Gasteiger partial charge < -0.3 is 10.4 Å². The summed E-state index contributed by atoms with van der Waals surface area (Å²) in [6, 6.07) is 13.5. The summed E-state index contributed by atoms with van der Waals surface area (Å²) in [6.45, 7) is 2.09.